The standard InChI is InChI=1S/C20H21N3O3/c1-25-10-11-26-15-5-2-4-14(12-15)8-9-18-16-6-3-7-17(20(21)24)19(16)23-13-22-18/h2-7,12-13H,8-11H2,1H3,(H2,21,24). The smallest absolute Gasteiger partial charge is 0.250 e. The molecular weight excluding hydrogens is 330 g/mol. The molecule has 0 aliphatic heterocycles. The highest BCUT2D eigenvalue weighted by Gasteiger charge is 2.11. The van der Waals surface area contributed by atoms with Crippen LogP contribution in [0.15, 0.2) is 48.8 Å². The predicted molar refractivity (Wildman–Crippen MR) is 99.3 cm³/mol. The number of primary amides is 1. The Bertz CT molecular complexity index is 912. The molecule has 0 atom stereocenters. The minimum atomic E-state index is -0.485. The highest BCUT2D eigenvalue weighted by Crippen LogP contribution is 2.21. The molecule has 0 saturated heterocycles. The summed E-state index contributed by atoms with van der Waals surface area (Å²) in [7, 11) is 1.65. The van der Waals surface area contributed by atoms with E-state index in [2.05, 4.69) is 16.0 Å². The van der Waals surface area contributed by atoms with Crippen molar-refractivity contribution in [3.05, 3.63) is 65.6 Å². The van der Waals surface area contributed by atoms with Crippen LogP contribution in [0.1, 0.15) is 21.6 Å². The van der Waals surface area contributed by atoms with E-state index in [0.717, 1.165) is 35.2 Å². The Balaban J connectivity index is 1.77. The van der Waals surface area contributed by atoms with Crippen molar-refractivity contribution in [2.75, 3.05) is 20.3 Å². The fraction of sp³-hybridized carbons (Fsp3) is 0.250. The predicted octanol–water partition coefficient (Wildman–Crippen LogP) is 2.54. The number of fused-ring (bicyclic) bond motifs is 1. The lowest BCUT2D eigenvalue weighted by atomic mass is 10.0. The van der Waals surface area contributed by atoms with Gasteiger partial charge in [0.05, 0.1) is 23.4 Å². The lowest BCUT2D eigenvalue weighted by Gasteiger charge is -2.09. The second-order valence-electron chi connectivity index (χ2n) is 5.88. The number of amides is 1. The summed E-state index contributed by atoms with van der Waals surface area (Å²) in [5, 5.41) is 0.858. The molecule has 3 aromatic rings. The maximum atomic E-state index is 11.6. The average Bonchev–Trinajstić information content (AvgIpc) is 2.66. The van der Waals surface area contributed by atoms with Crippen molar-refractivity contribution in [2.24, 2.45) is 5.73 Å². The number of aromatic nitrogens is 2. The van der Waals surface area contributed by atoms with E-state index in [1.807, 2.05) is 24.3 Å². The molecule has 0 aliphatic carbocycles. The molecule has 1 heterocycles. The number of hydrogen-bond acceptors (Lipinski definition) is 5. The molecule has 0 aliphatic rings. The van der Waals surface area contributed by atoms with Gasteiger partial charge in [-0.25, -0.2) is 9.97 Å². The van der Waals surface area contributed by atoms with E-state index >= 15 is 0 Å². The van der Waals surface area contributed by atoms with Gasteiger partial charge < -0.3 is 15.2 Å². The summed E-state index contributed by atoms with van der Waals surface area (Å²) in [5.41, 5.74) is 8.50. The van der Waals surface area contributed by atoms with Gasteiger partial charge in [0.2, 0.25) is 0 Å². The van der Waals surface area contributed by atoms with Gasteiger partial charge in [0, 0.05) is 12.5 Å². The number of para-hydroxylation sites is 1. The Hall–Kier alpha value is -2.99. The molecule has 3 rings (SSSR count). The first-order chi connectivity index (χ1) is 12.7. The van der Waals surface area contributed by atoms with Gasteiger partial charge in [-0.1, -0.05) is 24.3 Å². The first-order valence-electron chi connectivity index (χ1n) is 8.42. The van der Waals surface area contributed by atoms with Gasteiger partial charge in [-0.3, -0.25) is 4.79 Å². The minimum Gasteiger partial charge on any atom is -0.491 e. The third kappa shape index (κ3) is 4.15. The molecule has 0 radical (unpaired) electrons. The van der Waals surface area contributed by atoms with Gasteiger partial charge in [0.25, 0.3) is 5.91 Å². The van der Waals surface area contributed by atoms with Crippen molar-refractivity contribution >= 4 is 16.8 Å². The van der Waals surface area contributed by atoms with Gasteiger partial charge in [-0.15, -0.1) is 0 Å². The number of benzene rings is 2. The Labute approximate surface area is 152 Å². The highest BCUT2D eigenvalue weighted by molar-refractivity contribution is 6.05. The number of nitrogens with two attached hydrogens (primary N) is 1. The second-order valence-corrected chi connectivity index (χ2v) is 5.88. The van der Waals surface area contributed by atoms with Crippen LogP contribution in [0.5, 0.6) is 5.75 Å². The van der Waals surface area contributed by atoms with Crippen LogP contribution in [0.4, 0.5) is 0 Å². The van der Waals surface area contributed by atoms with Crippen LogP contribution in [0.3, 0.4) is 0 Å². The van der Waals surface area contributed by atoms with E-state index in [0.29, 0.717) is 24.3 Å². The second kappa shape index (κ2) is 8.40. The van der Waals surface area contributed by atoms with Crippen LogP contribution < -0.4 is 10.5 Å². The molecule has 0 fully saturated rings. The van der Waals surface area contributed by atoms with E-state index in [1.54, 1.807) is 19.2 Å². The number of rotatable bonds is 8. The van der Waals surface area contributed by atoms with Gasteiger partial charge in [0.15, 0.2) is 0 Å². The molecule has 2 aromatic carbocycles. The Morgan fingerprint density at radius 2 is 1.92 bits per heavy atom. The van der Waals surface area contributed by atoms with E-state index in [9.17, 15) is 4.79 Å². The number of carbonyl (C=O) groups excluding carboxylic acids is 1. The molecule has 6 nitrogen and oxygen atoms in total. The van der Waals surface area contributed by atoms with E-state index in [-0.39, 0.29) is 0 Å². The summed E-state index contributed by atoms with van der Waals surface area (Å²) >= 11 is 0. The first-order valence-corrected chi connectivity index (χ1v) is 8.42. The number of aryl methyl sites for hydroxylation is 2. The third-order valence-corrected chi connectivity index (χ3v) is 4.12. The van der Waals surface area contributed by atoms with Crippen molar-refractivity contribution in [1.29, 1.82) is 0 Å². The van der Waals surface area contributed by atoms with Crippen molar-refractivity contribution in [3.63, 3.8) is 0 Å². The van der Waals surface area contributed by atoms with Crippen molar-refractivity contribution < 1.29 is 14.3 Å². The zero-order chi connectivity index (χ0) is 18.4. The quantitative estimate of drug-likeness (QED) is 0.630. The maximum Gasteiger partial charge on any atom is 0.250 e. The van der Waals surface area contributed by atoms with Crippen LogP contribution in [-0.4, -0.2) is 36.2 Å². The van der Waals surface area contributed by atoms with Crippen LogP contribution in [0.2, 0.25) is 0 Å². The first kappa shape index (κ1) is 17.8. The van der Waals surface area contributed by atoms with Gasteiger partial charge in [0.1, 0.15) is 18.7 Å². The van der Waals surface area contributed by atoms with E-state index < -0.39 is 5.91 Å². The molecular formula is C20H21N3O3. The molecule has 0 unspecified atom stereocenters. The number of hydrogen-bond donors (Lipinski definition) is 1. The third-order valence-electron chi connectivity index (χ3n) is 4.12. The normalized spacial score (nSPS) is 10.8. The monoisotopic (exact) mass is 351 g/mol. The molecule has 26 heavy (non-hydrogen) atoms. The zero-order valence-corrected chi connectivity index (χ0v) is 14.6. The Morgan fingerprint density at radius 3 is 2.73 bits per heavy atom. The SMILES string of the molecule is COCCOc1cccc(CCc2ncnc3c(C(N)=O)cccc23)c1. The van der Waals surface area contributed by atoms with Crippen molar-refractivity contribution in [3.8, 4) is 5.75 Å². The van der Waals surface area contributed by atoms with Gasteiger partial charge in [-0.2, -0.15) is 0 Å². The van der Waals surface area contributed by atoms with Gasteiger partial charge >= 0.3 is 0 Å². The number of nitrogens with zero attached hydrogens (tertiary/aromatic N) is 2. The maximum absolute atomic E-state index is 11.6. The van der Waals surface area contributed by atoms with Crippen LogP contribution in [0.25, 0.3) is 10.9 Å². The lowest BCUT2D eigenvalue weighted by molar-refractivity contribution is 0.100. The summed E-state index contributed by atoms with van der Waals surface area (Å²) < 4.78 is 10.6. The fourth-order valence-corrected chi connectivity index (χ4v) is 2.84. The fourth-order valence-electron chi connectivity index (χ4n) is 2.84. The average molecular weight is 351 g/mol. The summed E-state index contributed by atoms with van der Waals surface area (Å²) in [6.45, 7) is 1.08. The molecule has 0 spiro atoms. The Morgan fingerprint density at radius 1 is 1.08 bits per heavy atom. The molecule has 1 amide bonds. The lowest BCUT2D eigenvalue weighted by Crippen LogP contribution is -2.12. The summed E-state index contributed by atoms with van der Waals surface area (Å²) in [6.07, 6.45) is 3.01. The zero-order valence-electron chi connectivity index (χ0n) is 14.6. The molecule has 2 N–H and O–H groups in total. The van der Waals surface area contributed by atoms with Crippen molar-refractivity contribution in [2.45, 2.75) is 12.8 Å². The van der Waals surface area contributed by atoms with E-state index in [4.69, 9.17) is 15.2 Å². The number of carbonyl (C=O) groups is 1. The largest absolute Gasteiger partial charge is 0.491 e. The van der Waals surface area contributed by atoms with E-state index in [1.165, 1.54) is 6.33 Å². The van der Waals surface area contributed by atoms with Gasteiger partial charge in [-0.05, 0) is 36.6 Å². The number of ether oxygens (including phenoxy) is 2. The van der Waals surface area contributed by atoms with Crippen LogP contribution in [0, 0.1) is 0 Å². The van der Waals surface area contributed by atoms with Crippen molar-refractivity contribution in [1.82, 2.24) is 9.97 Å². The molecule has 0 bridgehead atoms. The topological polar surface area (TPSA) is 87.3 Å². The highest BCUT2D eigenvalue weighted by atomic mass is 16.5. The van der Waals surface area contributed by atoms with Crippen LogP contribution in [-0.2, 0) is 17.6 Å². The molecule has 134 valence electrons. The summed E-state index contributed by atoms with van der Waals surface area (Å²) in [5.74, 6) is 0.337. The molecule has 1 aromatic heterocycles. The minimum absolute atomic E-state index is 0.416. The summed E-state index contributed by atoms with van der Waals surface area (Å²) in [4.78, 5) is 20.2. The molecule has 6 heteroatoms. The van der Waals surface area contributed by atoms with Crippen LogP contribution >= 0.6 is 0 Å². The Kier molecular flexibility index (Phi) is 5.76. The summed E-state index contributed by atoms with van der Waals surface area (Å²) in [6, 6.07) is 13.4. The number of methoxy groups -OCH3 is 1. The molecule has 0 saturated carbocycles.